The van der Waals surface area contributed by atoms with E-state index in [0.717, 1.165) is 16.5 Å². The van der Waals surface area contributed by atoms with E-state index in [2.05, 4.69) is 45.1 Å². The van der Waals surface area contributed by atoms with Crippen LogP contribution in [0.25, 0.3) is 5.31 Å². The van der Waals surface area contributed by atoms with Gasteiger partial charge in [-0.25, -0.2) is 9.59 Å². The number of methoxy groups -OCH3 is 2. The van der Waals surface area contributed by atoms with Crippen molar-refractivity contribution in [1.29, 1.82) is 0 Å². The molecule has 1 aromatic carbocycles. The van der Waals surface area contributed by atoms with E-state index in [1.165, 1.54) is 14.2 Å². The fraction of sp³-hybridized carbons (Fsp3) is 0.208. The molecular weight excluding hydrogens is 647 g/mol. The van der Waals surface area contributed by atoms with Gasteiger partial charge in [0, 0.05) is 26.5 Å². The third kappa shape index (κ3) is 9.05. The van der Waals surface area contributed by atoms with E-state index in [4.69, 9.17) is 32.7 Å². The SMILES string of the molecule is COC(=O)C1=C(C(=O)OC)C2(C)C=C(c3ccccc3)P1C=C2C.[C-]#[O+].[C-]#[O+].[C-]#[O+].[C-]#[O+].[C-]#[O+].[W]. The molecule has 0 radical (unpaired) electrons. The summed E-state index contributed by atoms with van der Waals surface area (Å²) >= 11 is 0. The third-order valence-electron chi connectivity index (χ3n) is 4.66. The summed E-state index contributed by atoms with van der Waals surface area (Å²) in [6, 6.07) is 9.94. The van der Waals surface area contributed by atoms with Crippen molar-refractivity contribution in [2.24, 2.45) is 5.41 Å². The standard InChI is InChI=1S/C19H19O4P.5CO.W/c1-12-11-24-14(13-8-6-5-7-9-13)10-19(12,2)15(17(20)22-3)16(24)18(21)23-4;5*1-2;/h5-11H,1-4H3;;;;;;. The van der Waals surface area contributed by atoms with Crippen LogP contribution >= 0.6 is 7.92 Å². The molecule has 0 fully saturated rings. The molecule has 9 nitrogen and oxygen atoms in total. The van der Waals surface area contributed by atoms with E-state index in [1.54, 1.807) is 0 Å². The van der Waals surface area contributed by atoms with Gasteiger partial charge in [-0.15, -0.1) is 0 Å². The van der Waals surface area contributed by atoms with Gasteiger partial charge in [0.25, 0.3) is 0 Å². The summed E-state index contributed by atoms with van der Waals surface area (Å²) in [4.78, 5) is 24.9. The summed E-state index contributed by atoms with van der Waals surface area (Å²) in [6.45, 7) is 26.4. The molecule has 2 bridgehead atoms. The molecule has 0 amide bonds. The van der Waals surface area contributed by atoms with Crippen molar-refractivity contribution < 1.29 is 63.4 Å². The zero-order valence-electron chi connectivity index (χ0n) is 19.1. The van der Waals surface area contributed by atoms with Crippen LogP contribution in [-0.4, -0.2) is 26.2 Å². The van der Waals surface area contributed by atoms with E-state index in [9.17, 15) is 9.59 Å². The number of hydrogen-bond acceptors (Lipinski definition) is 4. The van der Waals surface area contributed by atoms with Crippen LogP contribution in [0.2, 0.25) is 0 Å². The summed E-state index contributed by atoms with van der Waals surface area (Å²) in [6.07, 6.45) is 2.10. The molecule has 3 aliphatic heterocycles. The molecule has 3 heterocycles. The van der Waals surface area contributed by atoms with Crippen molar-refractivity contribution in [2.45, 2.75) is 13.8 Å². The summed E-state index contributed by atoms with van der Waals surface area (Å²) in [7, 11) is 1.58. The zero-order chi connectivity index (χ0) is 27.5. The van der Waals surface area contributed by atoms with Crippen LogP contribution in [0, 0.1) is 38.7 Å². The second-order valence-electron chi connectivity index (χ2n) is 5.99. The molecule has 0 aromatic heterocycles. The van der Waals surface area contributed by atoms with Crippen molar-refractivity contribution >= 4 is 25.2 Å². The molecule has 0 spiro atoms. The van der Waals surface area contributed by atoms with Crippen LogP contribution in [0.1, 0.15) is 19.4 Å². The van der Waals surface area contributed by atoms with Crippen LogP contribution < -0.4 is 0 Å². The fourth-order valence-electron chi connectivity index (χ4n) is 3.21. The summed E-state index contributed by atoms with van der Waals surface area (Å²) in [5.41, 5.74) is 1.85. The molecule has 180 valence electrons. The van der Waals surface area contributed by atoms with Gasteiger partial charge in [0.15, 0.2) is 0 Å². The van der Waals surface area contributed by atoms with Crippen LogP contribution in [0.15, 0.2) is 58.7 Å². The Morgan fingerprint density at radius 3 is 1.66 bits per heavy atom. The van der Waals surface area contributed by atoms with E-state index < -0.39 is 25.3 Å². The predicted molar refractivity (Wildman–Crippen MR) is 114 cm³/mol. The Labute approximate surface area is 219 Å². The quantitative estimate of drug-likeness (QED) is 0.208. The van der Waals surface area contributed by atoms with Crippen molar-refractivity contribution in [1.82, 2.24) is 0 Å². The van der Waals surface area contributed by atoms with Crippen molar-refractivity contribution in [3.05, 3.63) is 97.5 Å². The Balaban J connectivity index is -0.000000390. The number of allylic oxidation sites excluding steroid dienone is 2. The van der Waals surface area contributed by atoms with Gasteiger partial charge in [0.2, 0.25) is 0 Å². The number of benzene rings is 1. The molecular formula is C24H19O9PW. The minimum atomic E-state index is -1.10. The minimum Gasteiger partial charge on any atom is 0 e. The molecule has 2 unspecified atom stereocenters. The third-order valence-corrected chi connectivity index (χ3v) is 7.10. The molecule has 4 rings (SSSR count). The predicted octanol–water partition coefficient (Wildman–Crippen LogP) is 3.86. The van der Waals surface area contributed by atoms with Crippen LogP contribution in [0.4, 0.5) is 0 Å². The van der Waals surface area contributed by atoms with Gasteiger partial charge in [-0.1, -0.05) is 47.8 Å². The van der Waals surface area contributed by atoms with Gasteiger partial charge in [-0.05, 0) is 32.6 Å². The van der Waals surface area contributed by atoms with Crippen molar-refractivity contribution in [3.8, 4) is 0 Å². The zero-order valence-corrected chi connectivity index (χ0v) is 22.9. The molecule has 35 heavy (non-hydrogen) atoms. The fourth-order valence-corrected chi connectivity index (χ4v) is 6.06. The average Bonchev–Trinajstić information content (AvgIpc) is 2.94. The Morgan fingerprint density at radius 1 is 0.829 bits per heavy atom. The Morgan fingerprint density at radius 2 is 1.26 bits per heavy atom. The number of ether oxygens (including phenoxy) is 2. The largest absolute Gasteiger partial charge is 0 e. The van der Waals surface area contributed by atoms with Gasteiger partial charge in [-0.3, -0.25) is 0 Å². The van der Waals surface area contributed by atoms with Crippen LogP contribution in [0.5, 0.6) is 0 Å². The molecule has 0 saturated carbocycles. The van der Waals surface area contributed by atoms with Gasteiger partial charge in [0.05, 0.1) is 25.1 Å². The van der Waals surface area contributed by atoms with Gasteiger partial charge in [-0.2, -0.15) is 0 Å². The monoisotopic (exact) mass is 666 g/mol. The number of carbonyl (C=O) groups is 2. The average molecular weight is 666 g/mol. The first-order chi connectivity index (χ1) is 16.4. The first kappa shape index (κ1) is 39.4. The van der Waals surface area contributed by atoms with E-state index in [-0.39, 0.29) is 21.1 Å². The number of carbonyl (C=O) groups excluding carboxylic acids is 2. The van der Waals surface area contributed by atoms with E-state index in [1.807, 2.05) is 44.2 Å². The summed E-state index contributed by atoms with van der Waals surface area (Å²) in [5, 5.41) is 1.51. The number of esters is 2. The maximum absolute atomic E-state index is 12.5. The van der Waals surface area contributed by atoms with Crippen molar-refractivity contribution in [2.75, 3.05) is 14.2 Å². The first-order valence-electron chi connectivity index (χ1n) is 8.64. The second-order valence-corrected chi connectivity index (χ2v) is 7.91. The smallest absolute Gasteiger partial charge is 0 e. The van der Waals surface area contributed by atoms with E-state index in [0.29, 0.717) is 10.9 Å². The van der Waals surface area contributed by atoms with Gasteiger partial charge >= 0.3 is 68.5 Å². The topological polar surface area (TPSA) is 152 Å². The molecule has 3 aliphatic rings. The Bertz CT molecular complexity index is 996. The molecule has 11 heteroatoms. The number of rotatable bonds is 3. The van der Waals surface area contributed by atoms with Gasteiger partial charge in [0.1, 0.15) is 0 Å². The molecule has 0 aliphatic carbocycles. The maximum Gasteiger partial charge on any atom is 0 e. The normalized spacial score (nSPS) is 17.5. The van der Waals surface area contributed by atoms with Crippen LogP contribution in [-0.2, 0) is 63.4 Å². The Hall–Kier alpha value is -2.80. The number of hydrogen-bond donors (Lipinski definition) is 0. The second kappa shape index (κ2) is 21.7. The minimum absolute atomic E-state index is 0. The maximum atomic E-state index is 12.5. The molecule has 1 aromatic rings. The van der Waals surface area contributed by atoms with E-state index >= 15 is 0 Å². The molecule has 0 N–H and O–H groups in total. The molecule has 2 atom stereocenters. The van der Waals surface area contributed by atoms with Crippen LogP contribution in [0.3, 0.4) is 0 Å². The van der Waals surface area contributed by atoms with Crippen molar-refractivity contribution in [3.63, 3.8) is 0 Å². The molecule has 0 saturated heterocycles. The summed E-state index contributed by atoms with van der Waals surface area (Å²) < 4.78 is 47.5. The Kier molecular flexibility index (Phi) is 24.5. The first-order valence-corrected chi connectivity index (χ1v) is 10.0. The van der Waals surface area contributed by atoms with Gasteiger partial charge < -0.3 is 9.47 Å². The summed E-state index contributed by atoms with van der Waals surface area (Å²) in [5.74, 6) is 1.18.